The molecule has 1 saturated carbocycles. The summed E-state index contributed by atoms with van der Waals surface area (Å²) in [5, 5.41) is 14.9. The number of sulfonamides is 1. The molecule has 0 amide bonds. The highest BCUT2D eigenvalue weighted by Crippen LogP contribution is 2.58. The van der Waals surface area contributed by atoms with Crippen molar-refractivity contribution in [2.75, 3.05) is 0 Å². The van der Waals surface area contributed by atoms with Gasteiger partial charge in [0, 0.05) is 12.1 Å². The molecule has 0 saturated heterocycles. The molecule has 0 radical (unpaired) electrons. The van der Waals surface area contributed by atoms with Crippen molar-refractivity contribution in [2.24, 2.45) is 5.92 Å². The Bertz CT molecular complexity index is 1360. The highest BCUT2D eigenvalue weighted by Gasteiger charge is 2.70. The van der Waals surface area contributed by atoms with Crippen LogP contribution in [-0.4, -0.2) is 42.9 Å². The number of aromatic nitrogens is 2. The summed E-state index contributed by atoms with van der Waals surface area (Å²) in [6.07, 6.45) is 3.41. The zero-order valence-electron chi connectivity index (χ0n) is 18.7. The van der Waals surface area contributed by atoms with Crippen molar-refractivity contribution >= 4 is 35.4 Å². The van der Waals surface area contributed by atoms with Crippen molar-refractivity contribution in [1.29, 1.82) is 0 Å². The molecule has 3 atom stereocenters. The molecule has 0 aliphatic heterocycles. The van der Waals surface area contributed by atoms with Gasteiger partial charge < -0.3 is 5.11 Å². The number of rotatable bonds is 6. The van der Waals surface area contributed by atoms with Gasteiger partial charge in [0.05, 0.1) is 11.8 Å². The van der Waals surface area contributed by atoms with Crippen molar-refractivity contribution < 1.29 is 18.3 Å². The zero-order chi connectivity index (χ0) is 24.0. The molecule has 1 aliphatic rings. The summed E-state index contributed by atoms with van der Waals surface area (Å²) in [4.78, 5) is 12.2. The third-order valence-electron chi connectivity index (χ3n) is 5.64. The Morgan fingerprint density at radius 1 is 1.21 bits per heavy atom. The van der Waals surface area contributed by atoms with Crippen LogP contribution in [0.1, 0.15) is 24.0 Å². The molecule has 0 spiro atoms. The van der Waals surface area contributed by atoms with Gasteiger partial charge in [-0.1, -0.05) is 62.8 Å². The minimum atomic E-state index is -4.06. The van der Waals surface area contributed by atoms with Crippen LogP contribution in [0.4, 0.5) is 0 Å². The van der Waals surface area contributed by atoms with E-state index in [4.69, 9.17) is 0 Å². The van der Waals surface area contributed by atoms with E-state index in [0.717, 1.165) is 22.5 Å². The number of nitrogens with one attached hydrogen (secondary N) is 1. The fraction of sp³-hybridized carbons (Fsp3) is 0.304. The Balaban J connectivity index is 1.59. The van der Waals surface area contributed by atoms with E-state index in [1.54, 1.807) is 30.1 Å². The van der Waals surface area contributed by atoms with E-state index >= 15 is 0 Å². The lowest BCUT2D eigenvalue weighted by atomic mass is 10.1. The highest BCUT2D eigenvalue weighted by molar-refractivity contribution is 7.91. The van der Waals surface area contributed by atoms with E-state index in [-0.39, 0.29) is 10.1 Å². The maximum atomic E-state index is 13.2. The van der Waals surface area contributed by atoms with E-state index in [1.807, 2.05) is 30.3 Å². The molecule has 1 aromatic carbocycles. The van der Waals surface area contributed by atoms with Crippen molar-refractivity contribution in [2.45, 2.75) is 42.2 Å². The summed E-state index contributed by atoms with van der Waals surface area (Å²) in [5.74, 6) is 1.12. The number of hydrogen-bond acceptors (Lipinski definition) is 5. The van der Waals surface area contributed by atoms with Gasteiger partial charge in [-0.05, 0) is 23.6 Å². The minimum Gasteiger partial charge on any atom is -0.480 e. The first-order valence-electron chi connectivity index (χ1n) is 10.4. The number of benzene rings is 1. The summed E-state index contributed by atoms with van der Waals surface area (Å²) in [6, 6.07) is 12.2. The lowest BCUT2D eigenvalue weighted by molar-refractivity contribution is -0.140. The predicted molar refractivity (Wildman–Crippen MR) is 131 cm³/mol. The molecule has 4 rings (SSSR count). The van der Waals surface area contributed by atoms with Crippen LogP contribution in [0.5, 0.6) is 0 Å². The van der Waals surface area contributed by atoms with E-state index in [9.17, 15) is 18.3 Å². The number of carboxylic acids is 1. The SMILES string of the molecule is CC1[C@@H](c2ccccc2)[C@]1(NS(=O)(=O)c1ccc(-n2cc(C#C[Si](C)(C)C)cn2)s1)C(=O)O. The monoisotopic (exact) mass is 499 g/mol. The molecule has 1 fully saturated rings. The zero-order valence-corrected chi connectivity index (χ0v) is 21.4. The average Bonchev–Trinajstić information content (AvgIpc) is 3.17. The molecule has 1 aliphatic carbocycles. The molecule has 10 heteroatoms. The molecular formula is C23H25N3O4S2Si. The molecule has 2 aromatic heterocycles. The first-order chi connectivity index (χ1) is 15.4. The lowest BCUT2D eigenvalue weighted by Gasteiger charge is -2.15. The first-order valence-corrected chi connectivity index (χ1v) is 16.2. The van der Waals surface area contributed by atoms with Crippen LogP contribution in [0, 0.1) is 17.4 Å². The lowest BCUT2D eigenvalue weighted by Crippen LogP contribution is -2.45. The van der Waals surface area contributed by atoms with Crippen LogP contribution in [0.15, 0.2) is 59.1 Å². The van der Waals surface area contributed by atoms with Crippen LogP contribution >= 0.6 is 11.3 Å². The molecule has 1 unspecified atom stereocenters. The second-order valence-corrected chi connectivity index (χ2v) is 16.9. The van der Waals surface area contributed by atoms with E-state index in [1.165, 1.54) is 6.07 Å². The number of thiophene rings is 1. The average molecular weight is 500 g/mol. The molecule has 3 aromatic rings. The Morgan fingerprint density at radius 2 is 1.91 bits per heavy atom. The normalized spacial score (nSPS) is 22.4. The van der Waals surface area contributed by atoms with Crippen LogP contribution in [0.25, 0.3) is 5.00 Å². The Morgan fingerprint density at radius 3 is 2.55 bits per heavy atom. The van der Waals surface area contributed by atoms with Crippen LogP contribution in [0.3, 0.4) is 0 Å². The standard InChI is InChI=1S/C23H25N3O4S2Si/c1-16-21(18-8-6-5-7-9-18)23(16,22(27)28)25-32(29,30)20-11-10-19(31-20)26-15-17(14-24-26)12-13-33(2,3)4/h5-11,14-16,21,25H,1-4H3,(H,27,28)/t16?,21-,23-/m0/s1. The van der Waals surface area contributed by atoms with Gasteiger partial charge in [0.2, 0.25) is 0 Å². The quantitative estimate of drug-likeness (QED) is 0.398. The van der Waals surface area contributed by atoms with Gasteiger partial charge in [-0.25, -0.2) is 13.1 Å². The topological polar surface area (TPSA) is 101 Å². The number of carbonyl (C=O) groups is 1. The van der Waals surface area contributed by atoms with Gasteiger partial charge in [-0.2, -0.15) is 9.82 Å². The third kappa shape index (κ3) is 4.54. The van der Waals surface area contributed by atoms with Gasteiger partial charge in [-0.3, -0.25) is 4.79 Å². The fourth-order valence-corrected chi connectivity index (χ4v) is 7.12. The number of hydrogen-bond donors (Lipinski definition) is 2. The van der Waals surface area contributed by atoms with Gasteiger partial charge in [0.15, 0.2) is 0 Å². The van der Waals surface area contributed by atoms with Gasteiger partial charge in [0.1, 0.15) is 22.8 Å². The molecular weight excluding hydrogens is 474 g/mol. The second kappa shape index (κ2) is 8.25. The largest absolute Gasteiger partial charge is 0.480 e. The minimum absolute atomic E-state index is 0.0364. The van der Waals surface area contributed by atoms with Crippen molar-refractivity contribution in [3.8, 4) is 16.5 Å². The second-order valence-electron chi connectivity index (χ2n) is 9.22. The van der Waals surface area contributed by atoms with Crippen LogP contribution < -0.4 is 4.72 Å². The molecule has 2 heterocycles. The van der Waals surface area contributed by atoms with Gasteiger partial charge in [-0.15, -0.1) is 16.9 Å². The maximum absolute atomic E-state index is 13.2. The molecule has 172 valence electrons. The van der Waals surface area contributed by atoms with E-state index in [0.29, 0.717) is 5.00 Å². The summed E-state index contributed by atoms with van der Waals surface area (Å²) >= 11 is 1.03. The first kappa shape index (κ1) is 23.4. The number of nitrogens with zero attached hydrogens (tertiary/aromatic N) is 2. The highest BCUT2D eigenvalue weighted by atomic mass is 32.2. The number of aliphatic carboxylic acids is 1. The van der Waals surface area contributed by atoms with Gasteiger partial charge >= 0.3 is 5.97 Å². The Labute approximate surface area is 198 Å². The summed E-state index contributed by atoms with van der Waals surface area (Å²) in [5.41, 5.74) is 3.26. The fourth-order valence-electron chi connectivity index (χ4n) is 3.92. The van der Waals surface area contributed by atoms with Crippen molar-refractivity contribution in [3.05, 3.63) is 66.0 Å². The summed E-state index contributed by atoms with van der Waals surface area (Å²) in [6.45, 7) is 8.21. The Hall–Kier alpha value is -2.71. The third-order valence-corrected chi connectivity index (χ3v) is 9.56. The molecule has 2 N–H and O–H groups in total. The number of carboxylic acid groups (broad SMARTS) is 1. The maximum Gasteiger partial charge on any atom is 0.325 e. The van der Waals surface area contributed by atoms with Crippen LogP contribution in [-0.2, 0) is 14.8 Å². The summed E-state index contributed by atoms with van der Waals surface area (Å²) < 4.78 is 30.4. The van der Waals surface area contributed by atoms with Crippen molar-refractivity contribution in [1.82, 2.24) is 14.5 Å². The van der Waals surface area contributed by atoms with E-state index < -0.39 is 35.5 Å². The molecule has 7 nitrogen and oxygen atoms in total. The van der Waals surface area contributed by atoms with Crippen molar-refractivity contribution in [3.63, 3.8) is 0 Å². The summed E-state index contributed by atoms with van der Waals surface area (Å²) in [7, 11) is -5.58. The molecule has 0 bridgehead atoms. The predicted octanol–water partition coefficient (Wildman–Crippen LogP) is 3.70. The molecule has 33 heavy (non-hydrogen) atoms. The van der Waals surface area contributed by atoms with Gasteiger partial charge in [0.25, 0.3) is 10.0 Å². The smallest absolute Gasteiger partial charge is 0.325 e. The van der Waals surface area contributed by atoms with Crippen LogP contribution in [0.2, 0.25) is 19.6 Å². The Kier molecular flexibility index (Phi) is 5.86. The van der Waals surface area contributed by atoms with E-state index in [2.05, 4.69) is 40.9 Å².